The van der Waals surface area contributed by atoms with E-state index in [1.54, 1.807) is 17.3 Å². The highest BCUT2D eigenvalue weighted by atomic mass is 16.4. The van der Waals surface area contributed by atoms with Gasteiger partial charge < -0.3 is 10.0 Å². The Labute approximate surface area is 134 Å². The summed E-state index contributed by atoms with van der Waals surface area (Å²) in [4.78, 5) is 33.3. The van der Waals surface area contributed by atoms with Crippen molar-refractivity contribution in [1.82, 2.24) is 14.9 Å². The maximum Gasteiger partial charge on any atom is 0.337 e. The molecule has 0 saturated heterocycles. The van der Waals surface area contributed by atoms with Gasteiger partial charge in [0.05, 0.1) is 11.6 Å². The third-order valence-corrected chi connectivity index (χ3v) is 3.68. The molecule has 0 saturated carbocycles. The lowest BCUT2D eigenvalue weighted by atomic mass is 10.0. The summed E-state index contributed by atoms with van der Waals surface area (Å²) in [6, 6.07) is 6.56. The van der Waals surface area contributed by atoms with Crippen LogP contribution in [0.5, 0.6) is 0 Å². The molecule has 0 aromatic carbocycles. The molecule has 2 aromatic rings. The van der Waals surface area contributed by atoms with Crippen LogP contribution in [0.25, 0.3) is 0 Å². The average molecular weight is 313 g/mol. The summed E-state index contributed by atoms with van der Waals surface area (Å²) in [5.74, 6) is -1.28. The van der Waals surface area contributed by atoms with Crippen molar-refractivity contribution in [2.75, 3.05) is 6.54 Å². The van der Waals surface area contributed by atoms with Crippen LogP contribution < -0.4 is 0 Å². The van der Waals surface area contributed by atoms with Crippen LogP contribution in [0.2, 0.25) is 0 Å². The molecule has 0 aliphatic carbocycles. The quantitative estimate of drug-likeness (QED) is 0.886. The van der Waals surface area contributed by atoms with Gasteiger partial charge in [0.15, 0.2) is 0 Å². The molecule has 0 bridgehead atoms. The van der Waals surface area contributed by atoms with Gasteiger partial charge in [0, 0.05) is 25.1 Å². The molecule has 6 nitrogen and oxygen atoms in total. The fourth-order valence-corrected chi connectivity index (χ4v) is 2.52. The molecule has 2 heterocycles. The molecule has 0 aliphatic rings. The number of amides is 1. The first-order chi connectivity index (χ1) is 11.1. The highest BCUT2D eigenvalue weighted by Gasteiger charge is 2.24. The fourth-order valence-electron chi connectivity index (χ4n) is 2.52. The number of aromatic nitrogens is 2. The minimum atomic E-state index is -1.06. The number of carbonyl (C=O) groups excluding carboxylic acids is 1. The van der Waals surface area contributed by atoms with Gasteiger partial charge >= 0.3 is 5.97 Å². The number of pyridine rings is 2. The van der Waals surface area contributed by atoms with Gasteiger partial charge in [-0.3, -0.25) is 14.8 Å². The lowest BCUT2D eigenvalue weighted by Crippen LogP contribution is -2.35. The summed E-state index contributed by atoms with van der Waals surface area (Å²) in [6.07, 6.45) is 5.38. The van der Waals surface area contributed by atoms with E-state index in [1.807, 2.05) is 26.0 Å². The molecule has 0 fully saturated rings. The molecule has 1 N–H and O–H groups in total. The molecule has 0 aliphatic heterocycles. The second-order valence-electron chi connectivity index (χ2n) is 5.03. The Morgan fingerprint density at radius 3 is 2.35 bits per heavy atom. The monoisotopic (exact) mass is 313 g/mol. The Kier molecular flexibility index (Phi) is 5.41. The topological polar surface area (TPSA) is 83.4 Å². The molecule has 1 atom stereocenters. The number of rotatable bonds is 6. The average Bonchev–Trinajstić information content (AvgIpc) is 2.59. The van der Waals surface area contributed by atoms with Gasteiger partial charge in [-0.1, -0.05) is 6.92 Å². The van der Waals surface area contributed by atoms with Crippen LogP contribution in [0.3, 0.4) is 0 Å². The molecular weight excluding hydrogens is 294 g/mol. The van der Waals surface area contributed by atoms with E-state index in [0.717, 1.165) is 12.0 Å². The van der Waals surface area contributed by atoms with E-state index in [1.165, 1.54) is 18.3 Å². The molecule has 1 unspecified atom stereocenters. The van der Waals surface area contributed by atoms with Crippen molar-refractivity contribution < 1.29 is 14.7 Å². The second kappa shape index (κ2) is 7.49. The number of nitrogens with zero attached hydrogens (tertiary/aromatic N) is 3. The number of carboxylic acids is 1. The molecule has 0 radical (unpaired) electrons. The van der Waals surface area contributed by atoms with Gasteiger partial charge in [-0.15, -0.1) is 0 Å². The molecule has 1 amide bonds. The van der Waals surface area contributed by atoms with Gasteiger partial charge in [-0.05, 0) is 43.2 Å². The summed E-state index contributed by atoms with van der Waals surface area (Å²) in [5, 5.41) is 8.90. The summed E-state index contributed by atoms with van der Waals surface area (Å²) in [6.45, 7) is 4.46. The standard InChI is InChI=1S/C17H19N3O3/c1-3-15(12-7-9-18-10-8-12)20(4-2)16(21)14-6-5-13(11-19-14)17(22)23/h5-11,15H,3-4H2,1-2H3,(H,22,23). The summed E-state index contributed by atoms with van der Waals surface area (Å²) >= 11 is 0. The normalized spacial score (nSPS) is 11.7. The Balaban J connectivity index is 2.28. The van der Waals surface area contributed by atoms with Crippen molar-refractivity contribution in [3.05, 3.63) is 59.7 Å². The van der Waals surface area contributed by atoms with Crippen LogP contribution in [-0.4, -0.2) is 38.4 Å². The molecule has 2 aromatic heterocycles. The highest BCUT2D eigenvalue weighted by Crippen LogP contribution is 2.25. The Hall–Kier alpha value is -2.76. The Bertz CT molecular complexity index is 671. The predicted molar refractivity (Wildman–Crippen MR) is 85.2 cm³/mol. The van der Waals surface area contributed by atoms with Gasteiger partial charge in [0.2, 0.25) is 0 Å². The van der Waals surface area contributed by atoms with Crippen LogP contribution in [0.1, 0.15) is 52.7 Å². The van der Waals surface area contributed by atoms with Gasteiger partial charge in [0.1, 0.15) is 5.69 Å². The maximum atomic E-state index is 12.7. The fraction of sp³-hybridized carbons (Fsp3) is 0.294. The SMILES string of the molecule is CCC(c1ccncc1)N(CC)C(=O)c1ccc(C(=O)O)cn1. The van der Waals surface area contributed by atoms with E-state index in [4.69, 9.17) is 5.11 Å². The predicted octanol–water partition coefficient (Wildman–Crippen LogP) is 2.79. The van der Waals surface area contributed by atoms with E-state index in [-0.39, 0.29) is 23.2 Å². The largest absolute Gasteiger partial charge is 0.478 e. The number of hydrogen-bond acceptors (Lipinski definition) is 4. The highest BCUT2D eigenvalue weighted by molar-refractivity contribution is 5.94. The van der Waals surface area contributed by atoms with E-state index in [9.17, 15) is 9.59 Å². The lowest BCUT2D eigenvalue weighted by molar-refractivity contribution is 0.0668. The van der Waals surface area contributed by atoms with E-state index in [2.05, 4.69) is 9.97 Å². The first-order valence-corrected chi connectivity index (χ1v) is 7.48. The van der Waals surface area contributed by atoms with Crippen molar-refractivity contribution in [2.45, 2.75) is 26.3 Å². The zero-order chi connectivity index (χ0) is 16.8. The summed E-state index contributed by atoms with van der Waals surface area (Å²) in [7, 11) is 0. The number of hydrogen-bond donors (Lipinski definition) is 1. The van der Waals surface area contributed by atoms with Gasteiger partial charge in [-0.2, -0.15) is 0 Å². The summed E-state index contributed by atoms with van der Waals surface area (Å²) < 4.78 is 0. The minimum Gasteiger partial charge on any atom is -0.478 e. The second-order valence-corrected chi connectivity index (χ2v) is 5.03. The maximum absolute atomic E-state index is 12.7. The lowest BCUT2D eigenvalue weighted by Gasteiger charge is -2.30. The van der Waals surface area contributed by atoms with Crippen LogP contribution in [0.4, 0.5) is 0 Å². The molecule has 2 rings (SSSR count). The smallest absolute Gasteiger partial charge is 0.337 e. The first-order valence-electron chi connectivity index (χ1n) is 7.48. The molecule has 23 heavy (non-hydrogen) atoms. The van der Waals surface area contributed by atoms with Crippen LogP contribution in [0.15, 0.2) is 42.9 Å². The first kappa shape index (κ1) is 16.6. The van der Waals surface area contributed by atoms with E-state index in [0.29, 0.717) is 6.54 Å². The third kappa shape index (κ3) is 3.71. The van der Waals surface area contributed by atoms with Gasteiger partial charge in [-0.25, -0.2) is 4.79 Å². The van der Waals surface area contributed by atoms with Gasteiger partial charge in [0.25, 0.3) is 5.91 Å². The van der Waals surface area contributed by atoms with E-state index >= 15 is 0 Å². The molecule has 6 heteroatoms. The van der Waals surface area contributed by atoms with Crippen LogP contribution in [-0.2, 0) is 0 Å². The zero-order valence-corrected chi connectivity index (χ0v) is 13.1. The van der Waals surface area contributed by atoms with Crippen molar-refractivity contribution in [3.63, 3.8) is 0 Å². The molecular formula is C17H19N3O3. The van der Waals surface area contributed by atoms with Crippen molar-refractivity contribution in [1.29, 1.82) is 0 Å². The van der Waals surface area contributed by atoms with Crippen molar-refractivity contribution in [3.8, 4) is 0 Å². The Morgan fingerprint density at radius 2 is 1.87 bits per heavy atom. The number of carbonyl (C=O) groups is 2. The summed E-state index contributed by atoms with van der Waals surface area (Å²) in [5.41, 5.74) is 1.31. The Morgan fingerprint density at radius 1 is 1.17 bits per heavy atom. The van der Waals surface area contributed by atoms with Crippen molar-refractivity contribution >= 4 is 11.9 Å². The molecule has 0 spiro atoms. The zero-order valence-electron chi connectivity index (χ0n) is 13.1. The molecule has 120 valence electrons. The van der Waals surface area contributed by atoms with Crippen LogP contribution in [0, 0.1) is 0 Å². The van der Waals surface area contributed by atoms with Crippen LogP contribution >= 0.6 is 0 Å². The van der Waals surface area contributed by atoms with Crippen molar-refractivity contribution in [2.24, 2.45) is 0 Å². The van der Waals surface area contributed by atoms with E-state index < -0.39 is 5.97 Å². The minimum absolute atomic E-state index is 0.0609. The third-order valence-electron chi connectivity index (χ3n) is 3.68. The number of carboxylic acid groups (broad SMARTS) is 1. The number of aromatic carboxylic acids is 1.